The van der Waals surface area contributed by atoms with Gasteiger partial charge in [0.05, 0.1) is 4.92 Å². The molecule has 106 valence electrons. The molecule has 1 heterocycles. The Morgan fingerprint density at radius 2 is 1.90 bits per heavy atom. The third-order valence-corrected chi connectivity index (χ3v) is 3.91. The second-order valence-corrected chi connectivity index (χ2v) is 5.52. The van der Waals surface area contributed by atoms with Gasteiger partial charge in [-0.2, -0.15) is 0 Å². The summed E-state index contributed by atoms with van der Waals surface area (Å²) in [5, 5.41) is 12.8. The molecule has 0 spiro atoms. The Labute approximate surface area is 130 Å². The number of hydrogen-bond donors (Lipinski definition) is 0. The molecule has 1 aromatic heterocycles. The van der Waals surface area contributed by atoms with E-state index >= 15 is 0 Å². The van der Waals surface area contributed by atoms with E-state index in [0.717, 1.165) is 16.5 Å². The molecule has 0 aliphatic carbocycles. The predicted octanol–water partition coefficient (Wildman–Crippen LogP) is 4.90. The largest absolute Gasteiger partial charge is 0.343 e. The first kappa shape index (κ1) is 13.9. The van der Waals surface area contributed by atoms with Crippen LogP contribution in [0, 0.1) is 10.1 Å². The number of nitro groups is 1. The maximum Gasteiger partial charge on any atom is 0.270 e. The fourth-order valence-electron chi connectivity index (χ4n) is 2.27. The van der Waals surface area contributed by atoms with Gasteiger partial charge in [0.2, 0.25) is 0 Å². The molecule has 0 saturated carbocycles. The zero-order valence-electron chi connectivity index (χ0n) is 10.8. The maximum atomic E-state index is 10.8. The Hall–Kier alpha value is -2.04. The molecular formula is C15H10Cl2N2O2. The highest BCUT2D eigenvalue weighted by atomic mass is 35.5. The number of rotatable bonds is 3. The molecule has 4 nitrogen and oxygen atoms in total. The van der Waals surface area contributed by atoms with Crippen LogP contribution in [0.2, 0.25) is 10.0 Å². The molecule has 0 amide bonds. The number of hydrogen-bond acceptors (Lipinski definition) is 2. The van der Waals surface area contributed by atoms with Gasteiger partial charge in [0, 0.05) is 45.8 Å². The van der Waals surface area contributed by atoms with Crippen molar-refractivity contribution in [3.8, 4) is 0 Å². The lowest BCUT2D eigenvalue weighted by Gasteiger charge is -2.08. The van der Waals surface area contributed by atoms with Gasteiger partial charge in [-0.3, -0.25) is 10.1 Å². The topological polar surface area (TPSA) is 48.1 Å². The summed E-state index contributed by atoms with van der Waals surface area (Å²) in [5.74, 6) is 0. The Kier molecular flexibility index (Phi) is 3.57. The Bertz CT molecular complexity index is 843. The molecule has 0 fully saturated rings. The van der Waals surface area contributed by atoms with Gasteiger partial charge >= 0.3 is 0 Å². The van der Waals surface area contributed by atoms with Crippen molar-refractivity contribution in [1.29, 1.82) is 0 Å². The highest BCUT2D eigenvalue weighted by molar-refractivity contribution is 6.35. The van der Waals surface area contributed by atoms with Gasteiger partial charge in [-0.15, -0.1) is 0 Å². The van der Waals surface area contributed by atoms with Crippen LogP contribution >= 0.6 is 23.2 Å². The van der Waals surface area contributed by atoms with Gasteiger partial charge in [-0.25, -0.2) is 0 Å². The van der Waals surface area contributed by atoms with Crippen molar-refractivity contribution >= 4 is 39.8 Å². The van der Waals surface area contributed by atoms with E-state index in [1.54, 1.807) is 24.3 Å². The summed E-state index contributed by atoms with van der Waals surface area (Å²) in [7, 11) is 0. The SMILES string of the molecule is O=[N+]([O-])c1ccc2c(ccn2Cc2ccc(Cl)cc2Cl)c1. The molecule has 0 atom stereocenters. The highest BCUT2D eigenvalue weighted by Gasteiger charge is 2.10. The first-order chi connectivity index (χ1) is 10.0. The fraction of sp³-hybridized carbons (Fsp3) is 0.0667. The minimum atomic E-state index is -0.396. The molecule has 3 aromatic rings. The van der Waals surface area contributed by atoms with E-state index < -0.39 is 4.92 Å². The number of halogens is 2. The van der Waals surface area contributed by atoms with Crippen molar-refractivity contribution in [2.75, 3.05) is 0 Å². The van der Waals surface area contributed by atoms with Crippen molar-refractivity contribution in [3.63, 3.8) is 0 Å². The summed E-state index contributed by atoms with van der Waals surface area (Å²) >= 11 is 12.1. The zero-order valence-corrected chi connectivity index (χ0v) is 12.3. The molecule has 3 rings (SSSR count). The Morgan fingerprint density at radius 1 is 1.10 bits per heavy atom. The van der Waals surface area contributed by atoms with E-state index in [1.807, 2.05) is 22.9 Å². The van der Waals surface area contributed by atoms with Crippen LogP contribution in [-0.4, -0.2) is 9.49 Å². The quantitative estimate of drug-likeness (QED) is 0.508. The summed E-state index contributed by atoms with van der Waals surface area (Å²) in [6.45, 7) is 0.581. The minimum Gasteiger partial charge on any atom is -0.343 e. The van der Waals surface area contributed by atoms with E-state index in [2.05, 4.69) is 0 Å². The predicted molar refractivity (Wildman–Crippen MR) is 84.2 cm³/mol. The van der Waals surface area contributed by atoms with Crippen molar-refractivity contribution in [1.82, 2.24) is 4.57 Å². The summed E-state index contributed by atoms with van der Waals surface area (Å²) in [4.78, 5) is 10.4. The average Bonchev–Trinajstić information content (AvgIpc) is 2.84. The molecule has 0 N–H and O–H groups in total. The van der Waals surface area contributed by atoms with Crippen LogP contribution in [0.15, 0.2) is 48.7 Å². The molecule has 0 unspecified atom stereocenters. The molecule has 0 aliphatic rings. The number of non-ortho nitro benzene ring substituents is 1. The third kappa shape index (κ3) is 2.73. The van der Waals surface area contributed by atoms with Gasteiger partial charge in [-0.05, 0) is 29.8 Å². The summed E-state index contributed by atoms with van der Waals surface area (Å²) in [5.41, 5.74) is 1.95. The Morgan fingerprint density at radius 3 is 2.62 bits per heavy atom. The Balaban J connectivity index is 1.99. The molecule has 6 heteroatoms. The van der Waals surface area contributed by atoms with Crippen LogP contribution in [0.1, 0.15) is 5.56 Å². The van der Waals surface area contributed by atoms with Crippen LogP contribution in [0.3, 0.4) is 0 Å². The maximum absolute atomic E-state index is 10.8. The van der Waals surface area contributed by atoms with Gasteiger partial charge in [0.1, 0.15) is 0 Å². The molecular weight excluding hydrogens is 311 g/mol. The average molecular weight is 321 g/mol. The van der Waals surface area contributed by atoms with E-state index in [4.69, 9.17) is 23.2 Å². The number of aromatic nitrogens is 1. The molecule has 0 bridgehead atoms. The highest BCUT2D eigenvalue weighted by Crippen LogP contribution is 2.25. The number of nitro benzene ring substituents is 1. The number of nitrogens with zero attached hydrogens (tertiary/aromatic N) is 2. The fourth-order valence-corrected chi connectivity index (χ4v) is 2.74. The van der Waals surface area contributed by atoms with Crippen LogP contribution in [0.5, 0.6) is 0 Å². The first-order valence-corrected chi connectivity index (χ1v) is 6.97. The van der Waals surface area contributed by atoms with Gasteiger partial charge in [-0.1, -0.05) is 29.3 Å². The van der Waals surface area contributed by atoms with Crippen molar-refractivity contribution < 1.29 is 4.92 Å². The lowest BCUT2D eigenvalue weighted by molar-refractivity contribution is -0.384. The van der Waals surface area contributed by atoms with Crippen LogP contribution in [0.25, 0.3) is 10.9 Å². The lowest BCUT2D eigenvalue weighted by Crippen LogP contribution is -1.98. The number of fused-ring (bicyclic) bond motifs is 1. The van der Waals surface area contributed by atoms with Crippen molar-refractivity contribution in [3.05, 3.63) is 74.4 Å². The van der Waals surface area contributed by atoms with Crippen LogP contribution in [-0.2, 0) is 6.54 Å². The molecule has 21 heavy (non-hydrogen) atoms. The van der Waals surface area contributed by atoms with Gasteiger partial charge in [0.25, 0.3) is 5.69 Å². The third-order valence-electron chi connectivity index (χ3n) is 3.32. The van der Waals surface area contributed by atoms with E-state index in [0.29, 0.717) is 16.6 Å². The van der Waals surface area contributed by atoms with E-state index in [9.17, 15) is 10.1 Å². The zero-order chi connectivity index (χ0) is 15.0. The van der Waals surface area contributed by atoms with Crippen molar-refractivity contribution in [2.24, 2.45) is 0 Å². The standard InChI is InChI=1S/C15H10Cl2N2O2/c16-12-2-1-11(14(17)8-12)9-18-6-5-10-7-13(19(20)21)3-4-15(10)18/h1-8H,9H2. The second-order valence-electron chi connectivity index (χ2n) is 4.68. The smallest absolute Gasteiger partial charge is 0.270 e. The van der Waals surface area contributed by atoms with E-state index in [-0.39, 0.29) is 5.69 Å². The molecule has 2 aromatic carbocycles. The van der Waals surface area contributed by atoms with E-state index in [1.165, 1.54) is 6.07 Å². The molecule has 0 radical (unpaired) electrons. The molecule has 0 aliphatic heterocycles. The second kappa shape index (κ2) is 5.39. The van der Waals surface area contributed by atoms with Crippen molar-refractivity contribution in [2.45, 2.75) is 6.54 Å². The van der Waals surface area contributed by atoms with Crippen LogP contribution < -0.4 is 0 Å². The van der Waals surface area contributed by atoms with Gasteiger partial charge < -0.3 is 4.57 Å². The normalized spacial score (nSPS) is 11.0. The summed E-state index contributed by atoms with van der Waals surface area (Å²) in [6, 6.07) is 12.0. The first-order valence-electron chi connectivity index (χ1n) is 6.22. The summed E-state index contributed by atoms with van der Waals surface area (Å²) in [6.07, 6.45) is 1.89. The lowest BCUT2D eigenvalue weighted by atomic mass is 10.2. The van der Waals surface area contributed by atoms with Gasteiger partial charge in [0.15, 0.2) is 0 Å². The van der Waals surface area contributed by atoms with Crippen LogP contribution in [0.4, 0.5) is 5.69 Å². The number of benzene rings is 2. The minimum absolute atomic E-state index is 0.0878. The monoisotopic (exact) mass is 320 g/mol. The molecule has 0 saturated heterocycles. The summed E-state index contributed by atoms with van der Waals surface area (Å²) < 4.78 is 1.99.